The maximum Gasteiger partial charge on any atom is 0.292 e. The Morgan fingerprint density at radius 1 is 1.27 bits per heavy atom. The molecule has 1 aromatic carbocycles. The van der Waals surface area contributed by atoms with Crippen molar-refractivity contribution in [3.63, 3.8) is 0 Å². The number of hydrogen-bond donors (Lipinski definition) is 2. The molecular weight excluding hydrogens is 443 g/mol. The van der Waals surface area contributed by atoms with Crippen molar-refractivity contribution in [1.82, 2.24) is 24.8 Å². The van der Waals surface area contributed by atoms with Crippen molar-refractivity contribution in [2.45, 2.75) is 37.3 Å². The van der Waals surface area contributed by atoms with E-state index in [1.807, 2.05) is 0 Å². The number of H-pyrrole nitrogens is 1. The summed E-state index contributed by atoms with van der Waals surface area (Å²) >= 11 is 0. The summed E-state index contributed by atoms with van der Waals surface area (Å²) in [6, 6.07) is 2.85. The number of nitrogens with zero attached hydrogens (tertiary/aromatic N) is 4. The minimum absolute atomic E-state index is 0.0520. The topological polar surface area (TPSA) is 121 Å². The van der Waals surface area contributed by atoms with Crippen LogP contribution in [0.5, 0.6) is 0 Å². The van der Waals surface area contributed by atoms with Crippen LogP contribution in [0.1, 0.15) is 64.7 Å². The normalized spacial score (nSPS) is 19.3. The second-order valence-corrected chi connectivity index (χ2v) is 8.15. The Bertz CT molecular complexity index is 1390. The van der Waals surface area contributed by atoms with Crippen molar-refractivity contribution >= 4 is 17.0 Å². The Labute approximate surface area is 183 Å². The third-order valence-electron chi connectivity index (χ3n) is 5.96. The van der Waals surface area contributed by atoms with Crippen LogP contribution in [0.4, 0.5) is 13.2 Å². The van der Waals surface area contributed by atoms with Crippen LogP contribution in [0.3, 0.4) is 0 Å². The number of aromatic amines is 1. The number of hydrogen-bond acceptors (Lipinski definition) is 7. The molecule has 0 radical (unpaired) electrons. The highest BCUT2D eigenvalue weighted by molar-refractivity contribution is 5.93. The predicted molar refractivity (Wildman–Crippen MR) is 104 cm³/mol. The van der Waals surface area contributed by atoms with Crippen molar-refractivity contribution in [3.05, 3.63) is 65.0 Å². The molecule has 0 spiro atoms. The van der Waals surface area contributed by atoms with Crippen molar-refractivity contribution in [2.24, 2.45) is 0 Å². The van der Waals surface area contributed by atoms with Gasteiger partial charge in [0.25, 0.3) is 12.3 Å². The number of aliphatic hydroxyl groups is 1. The molecular formula is C21H16F3N5O4. The average molecular weight is 459 g/mol. The van der Waals surface area contributed by atoms with Gasteiger partial charge in [0, 0.05) is 24.7 Å². The van der Waals surface area contributed by atoms with Gasteiger partial charge < -0.3 is 23.8 Å². The van der Waals surface area contributed by atoms with E-state index in [1.165, 1.54) is 29.4 Å². The van der Waals surface area contributed by atoms with Crippen LogP contribution in [0.2, 0.25) is 0 Å². The summed E-state index contributed by atoms with van der Waals surface area (Å²) in [4.78, 5) is 30.1. The first-order valence-corrected chi connectivity index (χ1v) is 10.2. The third-order valence-corrected chi connectivity index (χ3v) is 5.96. The molecule has 170 valence electrons. The van der Waals surface area contributed by atoms with Gasteiger partial charge in [-0.3, -0.25) is 4.79 Å². The zero-order valence-corrected chi connectivity index (χ0v) is 16.9. The maximum atomic E-state index is 13.7. The average Bonchev–Trinajstić information content (AvgIpc) is 3.22. The number of imidazole rings is 1. The molecule has 12 heteroatoms. The van der Waals surface area contributed by atoms with Crippen molar-refractivity contribution in [2.75, 3.05) is 6.54 Å². The summed E-state index contributed by atoms with van der Waals surface area (Å²) in [5.41, 5.74) is -0.554. The monoisotopic (exact) mass is 459 g/mol. The Morgan fingerprint density at radius 3 is 2.85 bits per heavy atom. The Morgan fingerprint density at radius 2 is 2.09 bits per heavy atom. The first-order chi connectivity index (χ1) is 15.8. The first-order valence-electron chi connectivity index (χ1n) is 10.2. The predicted octanol–water partition coefficient (Wildman–Crippen LogP) is 3.38. The number of aromatic nitrogens is 4. The second-order valence-electron chi connectivity index (χ2n) is 8.15. The molecule has 1 fully saturated rings. The number of nitrogens with one attached hydrogen (secondary N) is 1. The molecule has 1 atom stereocenters. The van der Waals surface area contributed by atoms with E-state index in [1.54, 1.807) is 0 Å². The van der Waals surface area contributed by atoms with Gasteiger partial charge in [-0.25, -0.2) is 28.1 Å². The van der Waals surface area contributed by atoms with E-state index in [2.05, 4.69) is 19.9 Å². The molecule has 1 amide bonds. The molecule has 33 heavy (non-hydrogen) atoms. The van der Waals surface area contributed by atoms with Gasteiger partial charge in [0.15, 0.2) is 17.3 Å². The number of carbonyl (C=O) groups excluding carboxylic acids is 1. The Balaban J connectivity index is 1.45. The molecule has 2 N–H and O–H groups in total. The SMILES string of the molecule is O=C(c1oc(C2(O)CC2)nc1C(F)F)N1CCc2[nH]cnc2[C@H]1c1nc2cc(F)ccc2o1. The third kappa shape index (κ3) is 3.12. The Hall–Kier alpha value is -3.67. The highest BCUT2D eigenvalue weighted by Crippen LogP contribution is 2.46. The van der Waals surface area contributed by atoms with Crippen LogP contribution in [0.15, 0.2) is 33.4 Å². The summed E-state index contributed by atoms with van der Waals surface area (Å²) in [5.74, 6) is -2.26. The van der Waals surface area contributed by atoms with Crippen LogP contribution >= 0.6 is 0 Å². The number of carbonyl (C=O) groups is 1. The molecule has 4 aromatic rings. The first kappa shape index (κ1) is 20.0. The number of amides is 1. The van der Waals surface area contributed by atoms with E-state index in [9.17, 15) is 23.1 Å². The summed E-state index contributed by atoms with van der Waals surface area (Å²) < 4.78 is 52.2. The summed E-state index contributed by atoms with van der Waals surface area (Å²) in [6.07, 6.45) is -0.631. The standard InChI is InChI=1S/C21H16F3N5O4/c22-9-1-2-12-11(7-9)27-18(32-12)15-13-10(25-8-26-13)3-6-29(15)19(30)16-14(17(23)24)28-20(33-16)21(31)4-5-21/h1-2,7-8,15,17,31H,3-6H2,(H,25,26)/t15-/m0/s1. The maximum absolute atomic E-state index is 13.7. The zero-order valence-electron chi connectivity index (χ0n) is 16.9. The number of halogens is 3. The molecule has 0 unspecified atom stereocenters. The van der Waals surface area contributed by atoms with Crippen LogP contribution < -0.4 is 0 Å². The van der Waals surface area contributed by atoms with E-state index in [-0.39, 0.29) is 23.8 Å². The van der Waals surface area contributed by atoms with E-state index in [0.29, 0.717) is 30.5 Å². The lowest BCUT2D eigenvalue weighted by atomic mass is 10.0. The molecule has 4 heterocycles. The van der Waals surface area contributed by atoms with Crippen LogP contribution in [-0.2, 0) is 12.0 Å². The fraction of sp³-hybridized carbons (Fsp3) is 0.333. The highest BCUT2D eigenvalue weighted by Gasteiger charge is 2.49. The van der Waals surface area contributed by atoms with Crippen LogP contribution in [-0.4, -0.2) is 42.4 Å². The lowest BCUT2D eigenvalue weighted by Crippen LogP contribution is -2.41. The van der Waals surface area contributed by atoms with Gasteiger partial charge in [-0.2, -0.15) is 0 Å². The highest BCUT2D eigenvalue weighted by atomic mass is 19.3. The van der Waals surface area contributed by atoms with Gasteiger partial charge in [-0.15, -0.1) is 0 Å². The van der Waals surface area contributed by atoms with Gasteiger partial charge in [0.2, 0.25) is 17.5 Å². The molecule has 1 saturated carbocycles. The molecule has 6 rings (SSSR count). The largest absolute Gasteiger partial charge is 0.438 e. The smallest absolute Gasteiger partial charge is 0.292 e. The van der Waals surface area contributed by atoms with Crippen LogP contribution in [0, 0.1) is 5.82 Å². The van der Waals surface area contributed by atoms with E-state index < -0.39 is 41.2 Å². The molecule has 2 aliphatic rings. The zero-order chi connectivity index (χ0) is 22.9. The number of oxazole rings is 2. The molecule has 9 nitrogen and oxygen atoms in total. The number of alkyl halides is 2. The molecule has 0 bridgehead atoms. The fourth-order valence-electron chi connectivity index (χ4n) is 4.08. The van der Waals surface area contributed by atoms with Crippen LogP contribution in [0.25, 0.3) is 11.1 Å². The van der Waals surface area contributed by atoms with Crippen molar-refractivity contribution in [1.29, 1.82) is 0 Å². The number of rotatable bonds is 4. The molecule has 0 saturated heterocycles. The van der Waals surface area contributed by atoms with Gasteiger partial charge >= 0.3 is 0 Å². The molecule has 1 aliphatic carbocycles. The minimum atomic E-state index is -3.08. The fourth-order valence-corrected chi connectivity index (χ4v) is 4.08. The van der Waals surface area contributed by atoms with E-state index in [4.69, 9.17) is 8.83 Å². The molecule has 3 aromatic heterocycles. The van der Waals surface area contributed by atoms with Gasteiger partial charge in [0.05, 0.1) is 12.0 Å². The lowest BCUT2D eigenvalue weighted by molar-refractivity contribution is 0.0605. The minimum Gasteiger partial charge on any atom is -0.438 e. The number of fused-ring (bicyclic) bond motifs is 2. The quantitative estimate of drug-likeness (QED) is 0.480. The lowest BCUT2D eigenvalue weighted by Gasteiger charge is -2.32. The van der Waals surface area contributed by atoms with Crippen molar-refractivity contribution in [3.8, 4) is 0 Å². The second kappa shape index (κ2) is 6.91. The molecule has 1 aliphatic heterocycles. The summed E-state index contributed by atoms with van der Waals surface area (Å²) in [6.45, 7) is 0.120. The van der Waals surface area contributed by atoms with Crippen molar-refractivity contribution < 1.29 is 31.9 Å². The summed E-state index contributed by atoms with van der Waals surface area (Å²) in [7, 11) is 0. The van der Waals surface area contributed by atoms with Gasteiger partial charge in [-0.05, 0) is 25.0 Å². The van der Waals surface area contributed by atoms with Gasteiger partial charge in [-0.1, -0.05) is 0 Å². The van der Waals surface area contributed by atoms with Gasteiger partial charge in [0.1, 0.15) is 16.9 Å². The van der Waals surface area contributed by atoms with E-state index >= 15 is 0 Å². The Kier molecular flexibility index (Phi) is 4.18. The number of benzene rings is 1. The summed E-state index contributed by atoms with van der Waals surface area (Å²) in [5, 5.41) is 10.3. The van der Waals surface area contributed by atoms with E-state index in [0.717, 1.165) is 5.69 Å².